The van der Waals surface area contributed by atoms with Gasteiger partial charge in [-0.2, -0.15) is 0 Å². The molecule has 4 rings (SSSR count). The van der Waals surface area contributed by atoms with Crippen LogP contribution in [0.3, 0.4) is 0 Å². The molecular formula is C31H37N5O5. The maximum Gasteiger partial charge on any atom is 0.268 e. The van der Waals surface area contributed by atoms with E-state index in [4.69, 9.17) is 0 Å². The number of aromatic amines is 1. The lowest BCUT2D eigenvalue weighted by molar-refractivity contribution is -0.132. The molecule has 3 aromatic rings. The van der Waals surface area contributed by atoms with Gasteiger partial charge in [-0.3, -0.25) is 19.2 Å². The summed E-state index contributed by atoms with van der Waals surface area (Å²) in [6.45, 7) is 6.01. The van der Waals surface area contributed by atoms with Crippen molar-refractivity contribution in [2.24, 2.45) is 11.3 Å². The minimum absolute atomic E-state index is 0.140. The summed E-state index contributed by atoms with van der Waals surface area (Å²) in [6, 6.07) is 15.5. The molecule has 2 heterocycles. The van der Waals surface area contributed by atoms with E-state index < -0.39 is 41.3 Å². The Morgan fingerprint density at radius 3 is 2.32 bits per heavy atom. The second kappa shape index (κ2) is 12.8. The number of fused-ring (bicyclic) bond motifs is 1. The number of hydrogen-bond donors (Lipinski definition) is 5. The highest BCUT2D eigenvalue weighted by atomic mass is 16.2. The summed E-state index contributed by atoms with van der Waals surface area (Å²) >= 11 is 0. The molecule has 41 heavy (non-hydrogen) atoms. The van der Waals surface area contributed by atoms with Gasteiger partial charge in [0.1, 0.15) is 24.1 Å². The minimum Gasteiger partial charge on any atom is -0.356 e. The van der Waals surface area contributed by atoms with E-state index in [1.165, 1.54) is 0 Å². The molecule has 10 nitrogen and oxygen atoms in total. The van der Waals surface area contributed by atoms with Crippen molar-refractivity contribution in [3.8, 4) is 0 Å². The van der Waals surface area contributed by atoms with E-state index in [1.54, 1.807) is 6.07 Å². The molecule has 2 aromatic carbocycles. The summed E-state index contributed by atoms with van der Waals surface area (Å²) in [5.74, 6) is -2.03. The first-order valence-electron chi connectivity index (χ1n) is 13.8. The number of nitrogens with one attached hydrogen (secondary N) is 5. The first-order valence-corrected chi connectivity index (χ1v) is 13.8. The van der Waals surface area contributed by atoms with E-state index in [-0.39, 0.29) is 24.7 Å². The zero-order valence-corrected chi connectivity index (χ0v) is 23.5. The molecule has 1 aromatic heterocycles. The van der Waals surface area contributed by atoms with E-state index in [0.717, 1.165) is 16.5 Å². The van der Waals surface area contributed by atoms with Gasteiger partial charge < -0.3 is 31.0 Å². The maximum absolute atomic E-state index is 13.7. The Balaban J connectivity index is 1.51. The summed E-state index contributed by atoms with van der Waals surface area (Å²) in [5.41, 5.74) is 1.23. The van der Waals surface area contributed by atoms with Crippen molar-refractivity contribution in [3.63, 3.8) is 0 Å². The number of carbonyl (C=O) groups excluding carboxylic acids is 5. The fourth-order valence-electron chi connectivity index (χ4n) is 5.00. The molecule has 1 unspecified atom stereocenters. The average molecular weight is 560 g/mol. The SMILES string of the molecule is CC(C)(C)C(NC(=O)c1cc2ccccc2[nH]1)C(=O)N[C@@H](Cc1ccccc1)C(=O)N[C@H](C=O)C[C@@H]1CCNC1=O. The number of para-hydroxylation sites is 1. The topological polar surface area (TPSA) is 149 Å². The van der Waals surface area contributed by atoms with Crippen molar-refractivity contribution in [1.82, 2.24) is 26.3 Å². The summed E-state index contributed by atoms with van der Waals surface area (Å²) in [7, 11) is 0. The first-order chi connectivity index (χ1) is 19.5. The average Bonchev–Trinajstić information content (AvgIpc) is 3.56. The van der Waals surface area contributed by atoms with Gasteiger partial charge in [-0.25, -0.2) is 0 Å². The fraction of sp³-hybridized carbons (Fsp3) is 0.387. The Kier molecular flexibility index (Phi) is 9.21. The van der Waals surface area contributed by atoms with Crippen LogP contribution in [0.2, 0.25) is 0 Å². The van der Waals surface area contributed by atoms with Crippen molar-refractivity contribution in [2.75, 3.05) is 6.54 Å². The Bertz CT molecular complexity index is 1380. The smallest absolute Gasteiger partial charge is 0.268 e. The second-order valence-corrected chi connectivity index (χ2v) is 11.6. The number of carbonyl (C=O) groups is 5. The lowest BCUT2D eigenvalue weighted by atomic mass is 9.85. The Morgan fingerprint density at radius 1 is 0.976 bits per heavy atom. The van der Waals surface area contributed by atoms with E-state index in [1.807, 2.05) is 75.4 Å². The van der Waals surface area contributed by atoms with Gasteiger partial charge in [0.05, 0.1) is 6.04 Å². The Morgan fingerprint density at radius 2 is 1.68 bits per heavy atom. The minimum atomic E-state index is -1.03. The molecule has 1 aliphatic rings. The van der Waals surface area contributed by atoms with Gasteiger partial charge in [0.15, 0.2) is 0 Å². The number of aromatic nitrogens is 1. The van der Waals surface area contributed by atoms with Gasteiger partial charge in [-0.05, 0) is 36.0 Å². The lowest BCUT2D eigenvalue weighted by Crippen LogP contribution is -2.59. The molecule has 0 saturated carbocycles. The van der Waals surface area contributed by atoms with Crippen LogP contribution in [-0.4, -0.2) is 59.6 Å². The molecule has 1 aliphatic heterocycles. The molecule has 0 spiro atoms. The van der Waals surface area contributed by atoms with Gasteiger partial charge in [-0.15, -0.1) is 0 Å². The van der Waals surface area contributed by atoms with Gasteiger partial charge in [0, 0.05) is 29.8 Å². The van der Waals surface area contributed by atoms with Gasteiger partial charge in [0.25, 0.3) is 5.91 Å². The largest absolute Gasteiger partial charge is 0.356 e. The lowest BCUT2D eigenvalue weighted by Gasteiger charge is -2.32. The fourth-order valence-corrected chi connectivity index (χ4v) is 5.00. The van der Waals surface area contributed by atoms with E-state index in [9.17, 15) is 24.0 Å². The predicted octanol–water partition coefficient (Wildman–Crippen LogP) is 2.25. The zero-order chi connectivity index (χ0) is 29.6. The number of rotatable bonds is 11. The first kappa shape index (κ1) is 29.5. The Labute approximate surface area is 239 Å². The molecular weight excluding hydrogens is 522 g/mol. The molecule has 0 radical (unpaired) electrons. The number of H-pyrrole nitrogens is 1. The second-order valence-electron chi connectivity index (χ2n) is 11.6. The third-order valence-corrected chi connectivity index (χ3v) is 7.29. The van der Waals surface area contributed by atoms with Crippen molar-refractivity contribution in [2.45, 2.75) is 58.2 Å². The third-order valence-electron chi connectivity index (χ3n) is 7.29. The molecule has 4 amide bonds. The molecule has 1 saturated heterocycles. The molecule has 10 heteroatoms. The van der Waals surface area contributed by atoms with Crippen LogP contribution in [0.25, 0.3) is 10.9 Å². The van der Waals surface area contributed by atoms with Crippen molar-refractivity contribution in [1.29, 1.82) is 0 Å². The highest BCUT2D eigenvalue weighted by Crippen LogP contribution is 2.22. The highest BCUT2D eigenvalue weighted by molar-refractivity contribution is 6.01. The maximum atomic E-state index is 13.7. The molecule has 5 N–H and O–H groups in total. The number of amides is 4. The van der Waals surface area contributed by atoms with Gasteiger partial charge in [0.2, 0.25) is 17.7 Å². The van der Waals surface area contributed by atoms with E-state index in [0.29, 0.717) is 24.9 Å². The van der Waals surface area contributed by atoms with Crippen molar-refractivity contribution in [3.05, 3.63) is 71.9 Å². The molecule has 216 valence electrons. The molecule has 0 aliphatic carbocycles. The van der Waals surface area contributed by atoms with Crippen LogP contribution in [0.15, 0.2) is 60.7 Å². The highest BCUT2D eigenvalue weighted by Gasteiger charge is 2.36. The number of hydrogen-bond acceptors (Lipinski definition) is 5. The van der Waals surface area contributed by atoms with Gasteiger partial charge in [-0.1, -0.05) is 69.3 Å². The standard InChI is InChI=1S/C31H37N5O5/c1-31(2,3)26(36-29(40)25-17-20-11-7-8-12-23(20)34-25)30(41)35-24(15-19-9-5-4-6-10-19)28(39)33-22(18-37)16-21-13-14-32-27(21)38/h4-12,17-18,21-22,24,26,34H,13-16H2,1-3H3,(H,32,38)(H,33,39)(H,35,41)(H,36,40)/t21-,22-,24-,26?/m0/s1. The van der Waals surface area contributed by atoms with Crippen LogP contribution in [0.1, 0.15) is 49.7 Å². The number of benzene rings is 2. The van der Waals surface area contributed by atoms with E-state index in [2.05, 4.69) is 26.3 Å². The normalized spacial score (nSPS) is 17.2. The van der Waals surface area contributed by atoms with Crippen LogP contribution >= 0.6 is 0 Å². The predicted molar refractivity (Wildman–Crippen MR) is 155 cm³/mol. The molecule has 0 bridgehead atoms. The third kappa shape index (κ3) is 7.59. The quantitative estimate of drug-likeness (QED) is 0.229. The van der Waals surface area contributed by atoms with Crippen LogP contribution in [0, 0.1) is 11.3 Å². The summed E-state index contributed by atoms with van der Waals surface area (Å²) in [4.78, 5) is 67.2. The van der Waals surface area contributed by atoms with Crippen molar-refractivity contribution < 1.29 is 24.0 Å². The summed E-state index contributed by atoms with van der Waals surface area (Å²) < 4.78 is 0. The molecule has 4 atom stereocenters. The number of aldehydes is 1. The monoisotopic (exact) mass is 559 g/mol. The zero-order valence-electron chi connectivity index (χ0n) is 23.5. The van der Waals surface area contributed by atoms with Crippen LogP contribution < -0.4 is 21.3 Å². The Hall–Kier alpha value is -4.47. The van der Waals surface area contributed by atoms with Crippen LogP contribution in [-0.2, 0) is 25.6 Å². The summed E-state index contributed by atoms with van der Waals surface area (Å²) in [6.07, 6.45) is 1.55. The van der Waals surface area contributed by atoms with Crippen LogP contribution in [0.4, 0.5) is 0 Å². The summed E-state index contributed by atoms with van der Waals surface area (Å²) in [5, 5.41) is 12.0. The van der Waals surface area contributed by atoms with Gasteiger partial charge >= 0.3 is 0 Å². The molecule has 1 fully saturated rings. The van der Waals surface area contributed by atoms with E-state index >= 15 is 0 Å². The van der Waals surface area contributed by atoms with Crippen LogP contribution in [0.5, 0.6) is 0 Å². The van der Waals surface area contributed by atoms with Crippen molar-refractivity contribution >= 4 is 40.8 Å².